The van der Waals surface area contributed by atoms with Gasteiger partial charge in [0.2, 0.25) is 5.88 Å². The fraction of sp³-hybridized carbons (Fsp3) is 0.611. The van der Waals surface area contributed by atoms with Gasteiger partial charge in [-0.1, -0.05) is 37.0 Å². The van der Waals surface area contributed by atoms with Crippen LogP contribution in [0.3, 0.4) is 0 Å². The second-order valence-corrected chi connectivity index (χ2v) is 7.84. The molecule has 0 bridgehead atoms. The first-order valence-corrected chi connectivity index (χ1v) is 9.80. The Morgan fingerprint density at radius 3 is 2.54 bits per heavy atom. The van der Waals surface area contributed by atoms with Gasteiger partial charge in [0.15, 0.2) is 11.0 Å². The first-order valence-electron chi connectivity index (χ1n) is 9.04. The van der Waals surface area contributed by atoms with E-state index in [0.29, 0.717) is 0 Å². The highest BCUT2D eigenvalue weighted by molar-refractivity contribution is 6.36. The van der Waals surface area contributed by atoms with E-state index in [0.717, 1.165) is 0 Å². The summed E-state index contributed by atoms with van der Waals surface area (Å²) in [4.78, 5) is 31.9. The number of carbonyl (C=O) groups is 2. The molecule has 1 saturated heterocycles. The van der Waals surface area contributed by atoms with Crippen molar-refractivity contribution >= 4 is 35.2 Å². The zero-order chi connectivity index (χ0) is 21.2. The van der Waals surface area contributed by atoms with Crippen molar-refractivity contribution in [1.82, 2.24) is 14.8 Å². The lowest BCUT2D eigenvalue weighted by molar-refractivity contribution is 0.000854. The van der Waals surface area contributed by atoms with Crippen LogP contribution in [0.4, 0.5) is 9.18 Å². The molecule has 1 aromatic rings. The maximum Gasteiger partial charge on any atom is 0.410 e. The molecule has 0 unspecified atom stereocenters. The molecule has 0 N–H and O–H groups in total. The first-order chi connectivity index (χ1) is 13.1. The summed E-state index contributed by atoms with van der Waals surface area (Å²) in [6.45, 7) is 10.2. The van der Waals surface area contributed by atoms with E-state index in [1.807, 2.05) is 13.8 Å². The predicted octanol–water partition coefficient (Wildman–Crippen LogP) is 4.01. The van der Waals surface area contributed by atoms with Crippen LogP contribution in [0.1, 0.15) is 45.0 Å². The minimum absolute atomic E-state index is 0.0727. The minimum atomic E-state index is -0.963. The number of hydrogen-bond donors (Lipinski definition) is 0. The number of fused-ring (bicyclic) bond motifs is 2. The Kier molecular flexibility index (Phi) is 6.98. The number of carbonyl (C=O) groups excluding carboxylic acids is 2. The summed E-state index contributed by atoms with van der Waals surface area (Å²) in [7, 11) is 0. The van der Waals surface area contributed by atoms with Gasteiger partial charge in [-0.05, 0) is 20.8 Å². The van der Waals surface area contributed by atoms with E-state index >= 15 is 0 Å². The van der Waals surface area contributed by atoms with Crippen LogP contribution in [0.15, 0.2) is 0 Å². The zero-order valence-corrected chi connectivity index (χ0v) is 18.0. The van der Waals surface area contributed by atoms with Crippen molar-refractivity contribution in [3.05, 3.63) is 21.6 Å². The van der Waals surface area contributed by atoms with Gasteiger partial charge < -0.3 is 19.3 Å². The van der Waals surface area contributed by atoms with Crippen molar-refractivity contribution in [2.24, 2.45) is 0 Å². The Hall–Kier alpha value is -1.80. The van der Waals surface area contributed by atoms with Crippen LogP contribution < -0.4 is 4.74 Å². The maximum absolute atomic E-state index is 14.0. The summed E-state index contributed by atoms with van der Waals surface area (Å²) in [6, 6.07) is -0.434. The normalized spacial score (nSPS) is 18.9. The summed E-state index contributed by atoms with van der Waals surface area (Å²) in [5.41, 5.74) is -0.770. The monoisotopic (exact) mass is 435 g/mol. The second-order valence-electron chi connectivity index (χ2n) is 7.10. The number of amides is 2. The molecule has 28 heavy (non-hydrogen) atoms. The van der Waals surface area contributed by atoms with Crippen LogP contribution in [0.25, 0.3) is 0 Å². The van der Waals surface area contributed by atoms with E-state index < -0.39 is 39.6 Å². The number of aromatic nitrogens is 1. The van der Waals surface area contributed by atoms with Crippen molar-refractivity contribution in [2.45, 2.75) is 46.3 Å². The number of halogens is 3. The molecule has 0 aliphatic carbocycles. The molecule has 1 fully saturated rings. The standard InChI is InChI=1S/C16H18Cl2FN3O4.C2H6/c1-16(2,3)26-15(24)21-4-5-22-8(6-21)7-25-13-9(14(22)23)10(17)11(19)12(18)20-13;1-2/h8H,4-7H2,1-3H3;1-2H3/t8-;/m0./s1. The van der Waals surface area contributed by atoms with Crippen molar-refractivity contribution in [1.29, 1.82) is 0 Å². The molecule has 0 spiro atoms. The van der Waals surface area contributed by atoms with Gasteiger partial charge in [0.25, 0.3) is 5.91 Å². The molecule has 1 atom stereocenters. The Labute approximate surface area is 173 Å². The van der Waals surface area contributed by atoms with Crippen molar-refractivity contribution in [3.63, 3.8) is 0 Å². The second kappa shape index (κ2) is 8.69. The summed E-state index contributed by atoms with van der Waals surface area (Å²) in [5.74, 6) is -1.57. The van der Waals surface area contributed by atoms with E-state index in [1.165, 1.54) is 9.80 Å². The van der Waals surface area contributed by atoms with Gasteiger partial charge in [-0.3, -0.25) is 4.79 Å². The Balaban J connectivity index is 0.00000136. The molecule has 2 amide bonds. The highest BCUT2D eigenvalue weighted by Gasteiger charge is 2.40. The molecular weight excluding hydrogens is 412 g/mol. The molecule has 7 nitrogen and oxygen atoms in total. The van der Waals surface area contributed by atoms with Crippen molar-refractivity contribution in [2.75, 3.05) is 26.2 Å². The van der Waals surface area contributed by atoms with E-state index in [9.17, 15) is 14.0 Å². The van der Waals surface area contributed by atoms with Crippen molar-refractivity contribution < 1.29 is 23.5 Å². The van der Waals surface area contributed by atoms with E-state index in [-0.39, 0.29) is 37.7 Å². The average Bonchev–Trinajstić information content (AvgIpc) is 2.77. The van der Waals surface area contributed by atoms with Gasteiger partial charge in [0, 0.05) is 19.6 Å². The molecule has 0 saturated carbocycles. The van der Waals surface area contributed by atoms with Crippen LogP contribution in [0.2, 0.25) is 10.2 Å². The largest absolute Gasteiger partial charge is 0.475 e. The molecule has 2 aliphatic heterocycles. The lowest BCUT2D eigenvalue weighted by Crippen LogP contribution is -2.58. The third-order valence-corrected chi connectivity index (χ3v) is 4.63. The highest BCUT2D eigenvalue weighted by Crippen LogP contribution is 2.35. The van der Waals surface area contributed by atoms with Gasteiger partial charge in [-0.25, -0.2) is 9.18 Å². The molecular formula is C18H24Cl2FN3O4. The van der Waals surface area contributed by atoms with Gasteiger partial charge in [-0.15, -0.1) is 0 Å². The molecule has 0 aromatic carbocycles. The maximum atomic E-state index is 14.0. The average molecular weight is 436 g/mol. The van der Waals surface area contributed by atoms with Crippen LogP contribution in [0.5, 0.6) is 5.88 Å². The number of hydrogen-bond acceptors (Lipinski definition) is 5. The first kappa shape index (κ1) is 22.5. The summed E-state index contributed by atoms with van der Waals surface area (Å²) >= 11 is 11.6. The minimum Gasteiger partial charge on any atom is -0.475 e. The van der Waals surface area contributed by atoms with Gasteiger partial charge in [0.05, 0.1) is 11.1 Å². The smallest absolute Gasteiger partial charge is 0.410 e. The molecule has 3 rings (SSSR count). The van der Waals surface area contributed by atoms with Gasteiger partial charge in [0.1, 0.15) is 17.8 Å². The summed E-state index contributed by atoms with van der Waals surface area (Å²) in [5, 5.41) is -0.878. The summed E-state index contributed by atoms with van der Waals surface area (Å²) < 4.78 is 24.9. The van der Waals surface area contributed by atoms with Crippen LogP contribution in [-0.2, 0) is 4.74 Å². The van der Waals surface area contributed by atoms with Gasteiger partial charge >= 0.3 is 6.09 Å². The number of piperazine rings is 1. The molecule has 0 radical (unpaired) electrons. The van der Waals surface area contributed by atoms with Crippen LogP contribution in [0, 0.1) is 5.82 Å². The quantitative estimate of drug-likeness (QED) is 0.575. The number of rotatable bonds is 0. The molecule has 3 heterocycles. The van der Waals surface area contributed by atoms with Crippen LogP contribution in [-0.4, -0.2) is 64.7 Å². The zero-order valence-electron chi connectivity index (χ0n) is 16.5. The van der Waals surface area contributed by atoms with E-state index in [2.05, 4.69) is 4.98 Å². The molecule has 10 heteroatoms. The highest BCUT2D eigenvalue weighted by atomic mass is 35.5. The lowest BCUT2D eigenvalue weighted by Gasteiger charge is -2.40. The number of pyridine rings is 1. The topological polar surface area (TPSA) is 72.0 Å². The molecule has 156 valence electrons. The molecule has 2 aliphatic rings. The van der Waals surface area contributed by atoms with E-state index in [4.69, 9.17) is 32.7 Å². The molecule has 1 aromatic heterocycles. The van der Waals surface area contributed by atoms with Gasteiger partial charge in [-0.2, -0.15) is 4.98 Å². The van der Waals surface area contributed by atoms with E-state index in [1.54, 1.807) is 20.8 Å². The number of ether oxygens (including phenoxy) is 2. The Morgan fingerprint density at radius 1 is 1.29 bits per heavy atom. The number of nitrogens with zero attached hydrogens (tertiary/aromatic N) is 3. The Morgan fingerprint density at radius 2 is 1.93 bits per heavy atom. The van der Waals surface area contributed by atoms with Crippen LogP contribution >= 0.6 is 23.2 Å². The predicted molar refractivity (Wildman–Crippen MR) is 104 cm³/mol. The third kappa shape index (κ3) is 4.60. The fourth-order valence-corrected chi connectivity index (χ4v) is 3.33. The summed E-state index contributed by atoms with van der Waals surface area (Å²) in [6.07, 6.45) is -0.461. The lowest BCUT2D eigenvalue weighted by atomic mass is 10.1. The SMILES string of the molecule is CC.CC(C)(C)OC(=O)N1CCN2C(=O)c3c(nc(Cl)c(F)c3Cl)OC[C@@H]2C1. The Bertz CT molecular complexity index is 770. The fourth-order valence-electron chi connectivity index (χ4n) is 2.85. The third-order valence-electron chi connectivity index (χ3n) is 4.03. The van der Waals surface area contributed by atoms with Crippen molar-refractivity contribution in [3.8, 4) is 5.88 Å².